The van der Waals surface area contributed by atoms with Crippen LogP contribution in [0.3, 0.4) is 0 Å². The minimum Gasteiger partial charge on any atom is -0.478 e. The molecule has 0 fully saturated rings. The van der Waals surface area contributed by atoms with Crippen LogP contribution in [0.2, 0.25) is 0 Å². The second-order valence-corrected chi connectivity index (χ2v) is 2.42. The summed E-state index contributed by atoms with van der Waals surface area (Å²) in [4.78, 5) is 10.3. The van der Waals surface area contributed by atoms with E-state index in [2.05, 4.69) is 17.8 Å². The number of nitrogens with one attached hydrogen (secondary N) is 1. The minimum atomic E-state index is -0.991. The highest BCUT2D eigenvalue weighted by Gasteiger charge is 2.05. The van der Waals surface area contributed by atoms with Gasteiger partial charge >= 0.3 is 5.97 Å². The maximum absolute atomic E-state index is 10.3. The lowest BCUT2D eigenvalue weighted by Gasteiger charge is -2.09. The lowest BCUT2D eigenvalue weighted by atomic mass is 10.2. The summed E-state index contributed by atoms with van der Waals surface area (Å²) in [6.07, 6.45) is 5.94. The predicted molar refractivity (Wildman–Crippen MR) is 47.7 cm³/mol. The van der Waals surface area contributed by atoms with Crippen molar-refractivity contribution in [3.63, 3.8) is 0 Å². The van der Waals surface area contributed by atoms with Gasteiger partial charge in [-0.25, -0.2) is 4.79 Å². The molecule has 0 spiro atoms. The standard InChI is InChI=1S/C9H13NO2/c1-4-8(5-2)10-6-7(3)9(11)12/h1,8,10H,3,5-6H2,2H3,(H,11,12). The van der Waals surface area contributed by atoms with Crippen molar-refractivity contribution in [2.45, 2.75) is 19.4 Å². The van der Waals surface area contributed by atoms with Crippen LogP contribution in [0.5, 0.6) is 0 Å². The highest BCUT2D eigenvalue weighted by Crippen LogP contribution is 1.91. The van der Waals surface area contributed by atoms with Gasteiger partial charge in [-0.05, 0) is 6.42 Å². The normalized spacial score (nSPS) is 11.7. The molecule has 0 aromatic carbocycles. The molecule has 3 nitrogen and oxygen atoms in total. The average molecular weight is 167 g/mol. The van der Waals surface area contributed by atoms with Gasteiger partial charge in [-0.1, -0.05) is 19.4 Å². The van der Waals surface area contributed by atoms with Crippen LogP contribution in [0.25, 0.3) is 0 Å². The minimum absolute atomic E-state index is 0.0684. The Labute approximate surface area is 72.5 Å². The molecule has 0 saturated carbocycles. The topological polar surface area (TPSA) is 49.3 Å². The molecule has 2 N–H and O–H groups in total. The van der Waals surface area contributed by atoms with Crippen molar-refractivity contribution < 1.29 is 9.90 Å². The van der Waals surface area contributed by atoms with Crippen molar-refractivity contribution >= 4 is 5.97 Å². The van der Waals surface area contributed by atoms with Crippen LogP contribution in [-0.2, 0) is 4.79 Å². The Hall–Kier alpha value is -1.27. The predicted octanol–water partition coefficient (Wildman–Crippen LogP) is 0.629. The van der Waals surface area contributed by atoms with Crippen LogP contribution in [-0.4, -0.2) is 23.7 Å². The largest absolute Gasteiger partial charge is 0.478 e. The zero-order valence-electron chi connectivity index (χ0n) is 7.13. The summed E-state index contributed by atoms with van der Waals surface area (Å²) < 4.78 is 0. The Morgan fingerprint density at radius 1 is 1.83 bits per heavy atom. The maximum Gasteiger partial charge on any atom is 0.332 e. The molecule has 0 radical (unpaired) electrons. The summed E-state index contributed by atoms with van der Waals surface area (Å²) in [5, 5.41) is 11.3. The van der Waals surface area contributed by atoms with Crippen molar-refractivity contribution in [1.29, 1.82) is 0 Å². The molecular formula is C9H13NO2. The fraction of sp³-hybridized carbons (Fsp3) is 0.444. The molecule has 66 valence electrons. The molecule has 0 aliphatic carbocycles. The number of terminal acetylenes is 1. The first-order valence-corrected chi connectivity index (χ1v) is 3.72. The number of rotatable bonds is 5. The van der Waals surface area contributed by atoms with Gasteiger partial charge in [0.1, 0.15) is 0 Å². The smallest absolute Gasteiger partial charge is 0.332 e. The van der Waals surface area contributed by atoms with Crippen LogP contribution in [0.1, 0.15) is 13.3 Å². The highest BCUT2D eigenvalue weighted by atomic mass is 16.4. The monoisotopic (exact) mass is 167 g/mol. The molecule has 1 atom stereocenters. The van der Waals surface area contributed by atoms with E-state index in [1.165, 1.54) is 0 Å². The first-order valence-electron chi connectivity index (χ1n) is 3.72. The number of carbonyl (C=O) groups is 1. The van der Waals surface area contributed by atoms with Crippen LogP contribution in [0.15, 0.2) is 12.2 Å². The molecule has 0 saturated heterocycles. The molecular weight excluding hydrogens is 154 g/mol. The fourth-order valence-corrected chi connectivity index (χ4v) is 0.643. The van der Waals surface area contributed by atoms with Crippen molar-refractivity contribution in [2.75, 3.05) is 6.54 Å². The molecule has 1 unspecified atom stereocenters. The van der Waals surface area contributed by atoms with E-state index in [1.54, 1.807) is 0 Å². The van der Waals surface area contributed by atoms with E-state index >= 15 is 0 Å². The van der Waals surface area contributed by atoms with E-state index in [0.29, 0.717) is 0 Å². The van der Waals surface area contributed by atoms with Crippen molar-refractivity contribution in [1.82, 2.24) is 5.32 Å². The molecule has 0 aromatic rings. The quantitative estimate of drug-likeness (QED) is 0.466. The van der Waals surface area contributed by atoms with Gasteiger partial charge in [0.15, 0.2) is 0 Å². The third-order valence-corrected chi connectivity index (χ3v) is 1.47. The van der Waals surface area contributed by atoms with Crippen LogP contribution < -0.4 is 5.32 Å². The molecule has 0 aromatic heterocycles. The highest BCUT2D eigenvalue weighted by molar-refractivity contribution is 5.86. The molecule has 3 heteroatoms. The molecule has 0 amide bonds. The first-order chi connectivity index (χ1) is 5.61. The van der Waals surface area contributed by atoms with Gasteiger partial charge in [-0.2, -0.15) is 0 Å². The van der Waals surface area contributed by atoms with E-state index in [-0.39, 0.29) is 18.2 Å². The van der Waals surface area contributed by atoms with E-state index in [1.807, 2.05) is 6.92 Å². The zero-order valence-corrected chi connectivity index (χ0v) is 7.13. The molecule has 0 heterocycles. The Bertz CT molecular complexity index is 215. The van der Waals surface area contributed by atoms with Crippen LogP contribution in [0.4, 0.5) is 0 Å². The van der Waals surface area contributed by atoms with Gasteiger partial charge in [0.25, 0.3) is 0 Å². The van der Waals surface area contributed by atoms with Gasteiger partial charge in [-0.3, -0.25) is 5.32 Å². The van der Waals surface area contributed by atoms with Gasteiger partial charge in [0.2, 0.25) is 0 Å². The van der Waals surface area contributed by atoms with E-state index < -0.39 is 5.97 Å². The van der Waals surface area contributed by atoms with Gasteiger partial charge in [0.05, 0.1) is 6.04 Å². The van der Waals surface area contributed by atoms with Gasteiger partial charge in [0, 0.05) is 12.1 Å². The van der Waals surface area contributed by atoms with Gasteiger partial charge < -0.3 is 5.11 Å². The summed E-state index contributed by atoms with van der Waals surface area (Å²) >= 11 is 0. The number of carboxylic acid groups (broad SMARTS) is 1. The average Bonchev–Trinajstić information content (AvgIpc) is 2.05. The Morgan fingerprint density at radius 3 is 2.75 bits per heavy atom. The number of aliphatic carboxylic acids is 1. The number of carboxylic acids is 1. The number of hydrogen-bond acceptors (Lipinski definition) is 2. The Morgan fingerprint density at radius 2 is 2.42 bits per heavy atom. The van der Waals surface area contributed by atoms with E-state index in [4.69, 9.17) is 11.5 Å². The first kappa shape index (κ1) is 10.7. The summed E-state index contributed by atoms with van der Waals surface area (Å²) in [7, 11) is 0. The Balaban J connectivity index is 3.76. The summed E-state index contributed by atoms with van der Waals surface area (Å²) in [5.41, 5.74) is 0.128. The van der Waals surface area contributed by atoms with E-state index in [0.717, 1.165) is 6.42 Å². The lowest BCUT2D eigenvalue weighted by molar-refractivity contribution is -0.132. The second-order valence-electron chi connectivity index (χ2n) is 2.42. The second kappa shape index (κ2) is 5.39. The van der Waals surface area contributed by atoms with Crippen molar-refractivity contribution in [2.24, 2.45) is 0 Å². The molecule has 0 bridgehead atoms. The summed E-state index contributed by atoms with van der Waals surface area (Å²) in [6.45, 7) is 5.53. The van der Waals surface area contributed by atoms with Crippen molar-refractivity contribution in [3.05, 3.63) is 12.2 Å². The van der Waals surface area contributed by atoms with Crippen LogP contribution in [0, 0.1) is 12.3 Å². The van der Waals surface area contributed by atoms with Crippen LogP contribution >= 0.6 is 0 Å². The fourth-order valence-electron chi connectivity index (χ4n) is 0.643. The van der Waals surface area contributed by atoms with E-state index in [9.17, 15) is 4.79 Å². The molecule has 0 rings (SSSR count). The lowest BCUT2D eigenvalue weighted by Crippen LogP contribution is -2.30. The van der Waals surface area contributed by atoms with Crippen molar-refractivity contribution in [3.8, 4) is 12.3 Å². The van der Waals surface area contributed by atoms with Gasteiger partial charge in [-0.15, -0.1) is 6.42 Å². The third-order valence-electron chi connectivity index (χ3n) is 1.47. The summed E-state index contributed by atoms with van der Waals surface area (Å²) in [5.74, 6) is 1.51. The molecule has 0 aliphatic heterocycles. The number of hydrogen-bond donors (Lipinski definition) is 2. The zero-order chi connectivity index (χ0) is 9.56. The maximum atomic E-state index is 10.3. The SMILES string of the molecule is C#CC(CC)NCC(=C)C(=O)O. The molecule has 0 aliphatic rings. The summed E-state index contributed by atoms with van der Waals surface area (Å²) in [6, 6.07) is -0.0684. The third kappa shape index (κ3) is 3.79. The Kier molecular flexibility index (Phi) is 4.82. The molecule has 12 heavy (non-hydrogen) atoms.